The third-order valence-electron chi connectivity index (χ3n) is 2.38. The summed E-state index contributed by atoms with van der Waals surface area (Å²) < 4.78 is 151. The summed E-state index contributed by atoms with van der Waals surface area (Å²) in [5, 5.41) is -5.92. The van der Waals surface area contributed by atoms with Crippen molar-refractivity contribution in [1.82, 2.24) is 0 Å². The molecule has 0 aromatic heterocycles. The van der Waals surface area contributed by atoms with E-state index in [9.17, 15) is 57.6 Å². The molecular formula is C9H6F6O15S3. The van der Waals surface area contributed by atoms with Crippen molar-refractivity contribution in [2.45, 2.75) is 15.8 Å². The lowest BCUT2D eigenvalue weighted by Crippen LogP contribution is -2.40. The normalized spacial score (nSPS) is 13.9. The molecule has 24 heteroatoms. The van der Waals surface area contributed by atoms with E-state index >= 15 is 0 Å². The summed E-state index contributed by atoms with van der Waals surface area (Å²) in [6, 6.07) is 0. The van der Waals surface area contributed by atoms with Crippen LogP contribution in [-0.4, -0.2) is 71.5 Å². The molecule has 0 unspecified atom stereocenters. The van der Waals surface area contributed by atoms with Gasteiger partial charge in [0.05, 0.1) is 0 Å². The highest BCUT2D eigenvalue weighted by atomic mass is 32.2. The van der Waals surface area contributed by atoms with Gasteiger partial charge < -0.3 is 14.2 Å². The van der Waals surface area contributed by atoms with E-state index in [-0.39, 0.29) is 6.08 Å². The fraction of sp³-hybridized carbons (Fsp3) is 0.444. The number of hydrogen-bond acceptors (Lipinski definition) is 14. The minimum Gasteiger partial charge on any atom is -0.456 e. The van der Waals surface area contributed by atoms with Crippen molar-refractivity contribution in [2.75, 3.05) is 6.61 Å². The predicted molar refractivity (Wildman–Crippen MR) is 81.6 cm³/mol. The van der Waals surface area contributed by atoms with Gasteiger partial charge in [0.1, 0.15) is 18.6 Å². The molecular weight excluding hydrogens is 558 g/mol. The van der Waals surface area contributed by atoms with E-state index in [1.165, 1.54) is 0 Å². The van der Waals surface area contributed by atoms with E-state index in [1.54, 1.807) is 0 Å². The lowest BCUT2D eigenvalue weighted by molar-refractivity contribution is -0.433. The molecule has 0 rings (SSSR count). The summed E-state index contributed by atoms with van der Waals surface area (Å²) in [6.07, 6.45) is -0.349. The van der Waals surface area contributed by atoms with Crippen LogP contribution in [0, 0.1) is 0 Å². The van der Waals surface area contributed by atoms with Crippen LogP contribution in [0.15, 0.2) is 12.0 Å². The quantitative estimate of drug-likeness (QED) is 0.0542. The molecule has 0 saturated carbocycles. The van der Waals surface area contributed by atoms with E-state index in [0.29, 0.717) is 0 Å². The first-order valence-electron chi connectivity index (χ1n) is 6.66. The molecule has 0 fully saturated rings. The largest absolute Gasteiger partial charge is 0.466 e. The zero-order valence-corrected chi connectivity index (χ0v) is 17.0. The van der Waals surface area contributed by atoms with Crippen molar-refractivity contribution in [2.24, 2.45) is 0 Å². The molecule has 192 valence electrons. The van der Waals surface area contributed by atoms with Gasteiger partial charge in [-0.2, -0.15) is 43.2 Å². The molecule has 0 aliphatic rings. The summed E-state index contributed by atoms with van der Waals surface area (Å²) in [6.45, 7) is -1.84. The maximum absolute atomic E-state index is 13.3. The highest BCUT2D eigenvalue weighted by molar-refractivity contribution is 7.96. The first-order chi connectivity index (χ1) is 14.6. The highest BCUT2D eigenvalue weighted by Gasteiger charge is 2.56. The number of carbonyl (C=O) groups is 3. The lowest BCUT2D eigenvalue weighted by Gasteiger charge is -2.16. The van der Waals surface area contributed by atoms with Crippen molar-refractivity contribution in [1.29, 1.82) is 0 Å². The summed E-state index contributed by atoms with van der Waals surface area (Å²) >= 11 is -1.32. The van der Waals surface area contributed by atoms with E-state index < -0.39 is 78.5 Å². The summed E-state index contributed by atoms with van der Waals surface area (Å²) in [5.41, 5.74) is 0. The zero-order chi connectivity index (χ0) is 26.5. The average Bonchev–Trinajstić information content (AvgIpc) is 2.63. The van der Waals surface area contributed by atoms with Crippen LogP contribution in [0.1, 0.15) is 0 Å². The van der Waals surface area contributed by atoms with Crippen LogP contribution in [-0.2, 0) is 58.2 Å². The minimum atomic E-state index is -6.56. The SMILES string of the molecule is O=C(O/C(=C\COC(=O)C(F)(F)S(=O)(=O)O)OC(=O)C(F)(F)S(=O)(=O)O)C(F)(F)SOOO. The van der Waals surface area contributed by atoms with Gasteiger partial charge in [0.15, 0.2) is 0 Å². The molecule has 33 heavy (non-hydrogen) atoms. The molecule has 3 N–H and O–H groups in total. The minimum absolute atomic E-state index is 0.349. The molecule has 0 bridgehead atoms. The molecule has 0 heterocycles. The standard InChI is InChI=1S/C9H6F6O15S3/c10-7(11,31-30-29-19)4(16)27-3(28-6(18)9(14,15)33(23,24)25)1-2-26-5(17)8(12,13)32(20,21)22/h1,19H,2H2,(H,20,21,22)(H,23,24,25)/b3-1+. The van der Waals surface area contributed by atoms with Gasteiger partial charge in [-0.15, -0.1) is 4.33 Å². The first-order valence-corrected chi connectivity index (χ1v) is 10.3. The lowest BCUT2D eigenvalue weighted by atomic mass is 10.6. The maximum atomic E-state index is 13.3. The van der Waals surface area contributed by atoms with Gasteiger partial charge in [0.25, 0.3) is 5.95 Å². The Bertz CT molecular complexity index is 1000. The van der Waals surface area contributed by atoms with Gasteiger partial charge in [0, 0.05) is 6.08 Å². The van der Waals surface area contributed by atoms with Crippen LogP contribution in [0.5, 0.6) is 0 Å². The van der Waals surface area contributed by atoms with Crippen LogP contribution in [0.4, 0.5) is 26.3 Å². The molecule has 0 saturated heterocycles. The van der Waals surface area contributed by atoms with Gasteiger partial charge in [-0.1, -0.05) is 5.04 Å². The van der Waals surface area contributed by atoms with E-state index in [4.69, 9.17) is 14.4 Å². The number of esters is 3. The molecule has 0 atom stereocenters. The van der Waals surface area contributed by atoms with E-state index in [0.717, 1.165) is 0 Å². The number of carbonyl (C=O) groups excluding carboxylic acids is 3. The fourth-order valence-electron chi connectivity index (χ4n) is 0.978. The van der Waals surface area contributed by atoms with Crippen LogP contribution < -0.4 is 0 Å². The van der Waals surface area contributed by atoms with Gasteiger partial charge in [-0.3, -0.25) is 9.11 Å². The third-order valence-corrected chi connectivity index (χ3v) is 4.52. The zero-order valence-electron chi connectivity index (χ0n) is 14.5. The second-order valence-electron chi connectivity index (χ2n) is 4.63. The van der Waals surface area contributed by atoms with E-state index in [2.05, 4.69) is 23.6 Å². The Morgan fingerprint density at radius 1 is 0.818 bits per heavy atom. The van der Waals surface area contributed by atoms with Crippen LogP contribution in [0.2, 0.25) is 0 Å². The number of hydrogen-bond donors (Lipinski definition) is 3. The molecule has 0 aromatic carbocycles. The summed E-state index contributed by atoms with van der Waals surface area (Å²) in [7, 11) is -13.0. The second kappa shape index (κ2) is 10.8. The topological polar surface area (TPSA) is 226 Å². The first kappa shape index (κ1) is 30.8. The van der Waals surface area contributed by atoms with E-state index in [1.807, 2.05) is 0 Å². The Hall–Kier alpha value is -2.22. The van der Waals surface area contributed by atoms with Gasteiger partial charge in [-0.05, 0) is 0 Å². The Balaban J connectivity index is 5.82. The van der Waals surface area contributed by atoms with Crippen LogP contribution in [0.3, 0.4) is 0 Å². The Morgan fingerprint density at radius 3 is 1.67 bits per heavy atom. The average molecular weight is 564 g/mol. The molecule has 0 spiro atoms. The monoisotopic (exact) mass is 564 g/mol. The Labute approximate surface area is 180 Å². The molecule has 15 nitrogen and oxygen atoms in total. The van der Waals surface area contributed by atoms with Crippen molar-refractivity contribution < 1.29 is 95.5 Å². The maximum Gasteiger partial charge on any atom is 0.466 e. The van der Waals surface area contributed by atoms with Crippen molar-refractivity contribution in [3.05, 3.63) is 12.0 Å². The molecule has 0 aliphatic heterocycles. The second-order valence-corrected chi connectivity index (χ2v) is 8.37. The van der Waals surface area contributed by atoms with Crippen molar-refractivity contribution in [3.8, 4) is 0 Å². The highest BCUT2D eigenvalue weighted by Crippen LogP contribution is 2.32. The fourth-order valence-corrected chi connectivity index (χ4v) is 1.73. The molecule has 0 radical (unpaired) electrons. The molecule has 0 aliphatic carbocycles. The number of ether oxygens (including phenoxy) is 3. The molecule has 0 amide bonds. The Morgan fingerprint density at radius 2 is 1.24 bits per heavy atom. The van der Waals surface area contributed by atoms with Gasteiger partial charge >= 0.3 is 53.9 Å². The number of rotatable bonds is 12. The Kier molecular flexibility index (Phi) is 10.1. The van der Waals surface area contributed by atoms with Gasteiger partial charge in [-0.25, -0.2) is 19.6 Å². The van der Waals surface area contributed by atoms with Crippen molar-refractivity contribution >= 4 is 50.2 Å². The predicted octanol–water partition coefficient (Wildman–Crippen LogP) is 0.0808. The van der Waals surface area contributed by atoms with Crippen LogP contribution >= 0.6 is 12.0 Å². The summed E-state index contributed by atoms with van der Waals surface area (Å²) in [4.78, 5) is 33.4. The number of halogens is 6. The number of alkyl halides is 6. The van der Waals surface area contributed by atoms with Crippen LogP contribution in [0.25, 0.3) is 0 Å². The van der Waals surface area contributed by atoms with Gasteiger partial charge in [0.2, 0.25) is 0 Å². The van der Waals surface area contributed by atoms with Crippen molar-refractivity contribution in [3.63, 3.8) is 0 Å². The summed E-state index contributed by atoms with van der Waals surface area (Å²) in [5.74, 6) is -11.5. The third kappa shape index (κ3) is 8.25. The molecule has 0 aromatic rings. The smallest absolute Gasteiger partial charge is 0.456 e.